The molecule has 1 N–H and O–H groups in total. The Hall–Kier alpha value is -2.71. The number of fused-ring (bicyclic) bond motifs is 1. The van der Waals surface area contributed by atoms with Crippen LogP contribution in [-0.4, -0.2) is 34.9 Å². The number of methoxy groups -OCH3 is 1. The van der Waals surface area contributed by atoms with Crippen molar-refractivity contribution in [2.24, 2.45) is 0 Å². The van der Waals surface area contributed by atoms with Crippen LogP contribution in [0.5, 0.6) is 0 Å². The van der Waals surface area contributed by atoms with Gasteiger partial charge < -0.3 is 10.1 Å². The standard InChI is InChI=1S/C21H22FN3O3S/c1-14(12-28-2)25-20(27)17-5-3-4-6-18(17)24-21(25)29-13-19(26)23-11-15-7-9-16(22)10-8-15/h3-10,14H,11-13H2,1-2H3,(H,23,26). The van der Waals surface area contributed by atoms with Crippen molar-refractivity contribution in [1.82, 2.24) is 14.9 Å². The summed E-state index contributed by atoms with van der Waals surface area (Å²) >= 11 is 1.20. The van der Waals surface area contributed by atoms with Crippen molar-refractivity contribution in [3.05, 3.63) is 70.3 Å². The highest BCUT2D eigenvalue weighted by molar-refractivity contribution is 7.99. The summed E-state index contributed by atoms with van der Waals surface area (Å²) in [7, 11) is 1.58. The minimum atomic E-state index is -0.318. The number of benzene rings is 2. The number of carbonyl (C=O) groups excluding carboxylic acids is 1. The molecule has 6 nitrogen and oxygen atoms in total. The lowest BCUT2D eigenvalue weighted by atomic mass is 10.2. The Morgan fingerprint density at radius 3 is 2.69 bits per heavy atom. The first kappa shape index (κ1) is 21.0. The van der Waals surface area contributed by atoms with E-state index >= 15 is 0 Å². The van der Waals surface area contributed by atoms with Crippen LogP contribution in [0.25, 0.3) is 10.9 Å². The van der Waals surface area contributed by atoms with E-state index in [1.165, 1.54) is 23.9 Å². The summed E-state index contributed by atoms with van der Waals surface area (Å²) in [6, 6.07) is 12.9. The van der Waals surface area contributed by atoms with E-state index in [0.717, 1.165) is 5.56 Å². The number of aromatic nitrogens is 2. The molecule has 8 heteroatoms. The fraction of sp³-hybridized carbons (Fsp3) is 0.286. The van der Waals surface area contributed by atoms with Gasteiger partial charge in [-0.2, -0.15) is 0 Å². The van der Waals surface area contributed by atoms with Gasteiger partial charge in [0.05, 0.1) is 29.3 Å². The van der Waals surface area contributed by atoms with Crippen LogP contribution in [0, 0.1) is 5.82 Å². The summed E-state index contributed by atoms with van der Waals surface area (Å²) in [6.45, 7) is 2.53. The number of ether oxygens (including phenoxy) is 1. The summed E-state index contributed by atoms with van der Waals surface area (Å²) in [5.41, 5.74) is 1.24. The maximum atomic E-state index is 13.0. The summed E-state index contributed by atoms with van der Waals surface area (Å²) in [5.74, 6) is -0.417. The Bertz CT molecular complexity index is 1050. The van der Waals surface area contributed by atoms with Gasteiger partial charge in [-0.15, -0.1) is 0 Å². The molecule has 1 amide bonds. The van der Waals surface area contributed by atoms with Crippen LogP contribution in [-0.2, 0) is 16.1 Å². The predicted octanol–water partition coefficient (Wildman–Crippen LogP) is 3.15. The van der Waals surface area contributed by atoms with Gasteiger partial charge in [0.2, 0.25) is 5.91 Å². The normalized spacial score (nSPS) is 12.1. The van der Waals surface area contributed by atoms with Gasteiger partial charge >= 0.3 is 0 Å². The molecule has 0 saturated heterocycles. The molecule has 0 radical (unpaired) electrons. The zero-order chi connectivity index (χ0) is 20.8. The lowest BCUT2D eigenvalue weighted by Crippen LogP contribution is -2.29. The first-order valence-electron chi connectivity index (χ1n) is 9.13. The van der Waals surface area contributed by atoms with E-state index in [1.807, 2.05) is 13.0 Å². The van der Waals surface area contributed by atoms with Gasteiger partial charge in [-0.3, -0.25) is 14.2 Å². The highest BCUT2D eigenvalue weighted by atomic mass is 32.2. The number of thioether (sulfide) groups is 1. The molecule has 3 rings (SSSR count). The topological polar surface area (TPSA) is 73.2 Å². The monoisotopic (exact) mass is 415 g/mol. The Morgan fingerprint density at radius 2 is 1.97 bits per heavy atom. The van der Waals surface area contributed by atoms with Crippen LogP contribution in [0.2, 0.25) is 0 Å². The van der Waals surface area contributed by atoms with Gasteiger partial charge in [0.1, 0.15) is 5.82 Å². The number of halogens is 1. The van der Waals surface area contributed by atoms with E-state index in [-0.39, 0.29) is 29.1 Å². The second-order valence-electron chi connectivity index (χ2n) is 6.58. The van der Waals surface area contributed by atoms with Crippen molar-refractivity contribution < 1.29 is 13.9 Å². The molecule has 3 aromatic rings. The Balaban J connectivity index is 1.75. The molecule has 1 aromatic heterocycles. The third-order valence-electron chi connectivity index (χ3n) is 4.36. The average molecular weight is 415 g/mol. The van der Waals surface area contributed by atoms with E-state index in [1.54, 1.807) is 42.0 Å². The number of para-hydroxylation sites is 1. The van der Waals surface area contributed by atoms with Crippen LogP contribution < -0.4 is 10.9 Å². The second-order valence-corrected chi connectivity index (χ2v) is 7.53. The van der Waals surface area contributed by atoms with Crippen molar-refractivity contribution in [1.29, 1.82) is 0 Å². The molecule has 1 atom stereocenters. The minimum Gasteiger partial charge on any atom is -0.383 e. The molecule has 0 aliphatic heterocycles. The van der Waals surface area contributed by atoms with Crippen molar-refractivity contribution in [3.8, 4) is 0 Å². The van der Waals surface area contributed by atoms with Crippen LogP contribution in [0.3, 0.4) is 0 Å². The van der Waals surface area contributed by atoms with Gasteiger partial charge in [-0.25, -0.2) is 9.37 Å². The maximum Gasteiger partial charge on any atom is 0.262 e. The van der Waals surface area contributed by atoms with E-state index in [0.29, 0.717) is 29.2 Å². The fourth-order valence-corrected chi connectivity index (χ4v) is 3.84. The molecular weight excluding hydrogens is 393 g/mol. The van der Waals surface area contributed by atoms with E-state index < -0.39 is 0 Å². The third-order valence-corrected chi connectivity index (χ3v) is 5.31. The van der Waals surface area contributed by atoms with E-state index in [9.17, 15) is 14.0 Å². The number of nitrogens with one attached hydrogen (secondary N) is 1. The molecule has 29 heavy (non-hydrogen) atoms. The first-order valence-corrected chi connectivity index (χ1v) is 10.1. The van der Waals surface area contributed by atoms with Crippen molar-refractivity contribution in [3.63, 3.8) is 0 Å². The predicted molar refractivity (Wildman–Crippen MR) is 112 cm³/mol. The lowest BCUT2D eigenvalue weighted by molar-refractivity contribution is -0.118. The number of rotatable bonds is 8. The molecule has 2 aromatic carbocycles. The number of amides is 1. The zero-order valence-corrected chi connectivity index (χ0v) is 17.0. The largest absolute Gasteiger partial charge is 0.383 e. The molecule has 0 spiro atoms. The van der Waals surface area contributed by atoms with Gasteiger partial charge in [-0.1, -0.05) is 36.0 Å². The van der Waals surface area contributed by atoms with Gasteiger partial charge in [-0.05, 0) is 36.8 Å². The zero-order valence-electron chi connectivity index (χ0n) is 16.2. The smallest absolute Gasteiger partial charge is 0.262 e. The summed E-state index contributed by atoms with van der Waals surface area (Å²) in [4.78, 5) is 29.8. The Labute approximate surface area is 172 Å². The van der Waals surface area contributed by atoms with Gasteiger partial charge in [0, 0.05) is 13.7 Å². The van der Waals surface area contributed by atoms with Crippen molar-refractivity contribution in [2.45, 2.75) is 24.7 Å². The molecule has 0 bridgehead atoms. The summed E-state index contributed by atoms with van der Waals surface area (Å²) in [5, 5.41) is 3.79. The second kappa shape index (κ2) is 9.67. The highest BCUT2D eigenvalue weighted by Crippen LogP contribution is 2.21. The molecule has 1 unspecified atom stereocenters. The van der Waals surface area contributed by atoms with Crippen molar-refractivity contribution >= 4 is 28.6 Å². The number of hydrogen-bond acceptors (Lipinski definition) is 5. The van der Waals surface area contributed by atoms with Crippen LogP contribution in [0.1, 0.15) is 18.5 Å². The van der Waals surface area contributed by atoms with Gasteiger partial charge in [0.25, 0.3) is 5.56 Å². The van der Waals surface area contributed by atoms with Crippen LogP contribution >= 0.6 is 11.8 Å². The number of carbonyl (C=O) groups is 1. The molecular formula is C21H22FN3O3S. The summed E-state index contributed by atoms with van der Waals surface area (Å²) in [6.07, 6.45) is 0. The van der Waals surface area contributed by atoms with Crippen LogP contribution in [0.4, 0.5) is 4.39 Å². The fourth-order valence-electron chi connectivity index (χ4n) is 2.92. The van der Waals surface area contributed by atoms with Crippen LogP contribution in [0.15, 0.2) is 58.5 Å². The Morgan fingerprint density at radius 1 is 1.24 bits per heavy atom. The lowest BCUT2D eigenvalue weighted by Gasteiger charge is -2.18. The summed E-state index contributed by atoms with van der Waals surface area (Å²) < 4.78 is 19.7. The van der Waals surface area contributed by atoms with E-state index in [2.05, 4.69) is 10.3 Å². The third kappa shape index (κ3) is 5.21. The first-order chi connectivity index (χ1) is 14.0. The minimum absolute atomic E-state index is 0.103. The van der Waals surface area contributed by atoms with Gasteiger partial charge in [0.15, 0.2) is 5.16 Å². The maximum absolute atomic E-state index is 13.0. The van der Waals surface area contributed by atoms with Crippen molar-refractivity contribution in [2.75, 3.05) is 19.5 Å². The molecule has 1 heterocycles. The molecule has 0 saturated carbocycles. The SMILES string of the molecule is COCC(C)n1c(SCC(=O)NCc2ccc(F)cc2)nc2ccccc2c1=O. The highest BCUT2D eigenvalue weighted by Gasteiger charge is 2.17. The Kier molecular flexibility index (Phi) is 7.00. The quantitative estimate of drug-likeness (QED) is 0.452. The molecule has 152 valence electrons. The molecule has 0 aliphatic rings. The van der Waals surface area contributed by atoms with E-state index in [4.69, 9.17) is 4.74 Å². The molecule has 0 fully saturated rings. The number of nitrogens with zero attached hydrogens (tertiary/aromatic N) is 2. The number of hydrogen-bond donors (Lipinski definition) is 1. The average Bonchev–Trinajstić information content (AvgIpc) is 2.72. The molecule has 0 aliphatic carbocycles.